The smallest absolute Gasteiger partial charge is 0.192 e. The molecule has 0 amide bonds. The van der Waals surface area contributed by atoms with Gasteiger partial charge in [-0.1, -0.05) is 36.7 Å². The normalized spacial score (nSPS) is 21.6. The number of rotatable bonds is 4. The van der Waals surface area contributed by atoms with Crippen LogP contribution >= 0.6 is 22.9 Å². The molecule has 3 nitrogen and oxygen atoms in total. The summed E-state index contributed by atoms with van der Waals surface area (Å²) in [5.41, 5.74) is 7.15. The van der Waals surface area contributed by atoms with Gasteiger partial charge in [0.25, 0.3) is 0 Å². The molecule has 5 heteroatoms. The molecule has 0 bridgehead atoms. The van der Waals surface area contributed by atoms with E-state index in [0.717, 1.165) is 18.0 Å². The van der Waals surface area contributed by atoms with Crippen LogP contribution in [0.15, 0.2) is 46.8 Å². The number of nitrogens with zero attached hydrogens (tertiary/aromatic N) is 2. The molecule has 0 saturated carbocycles. The molecule has 2 N–H and O–H groups in total. The summed E-state index contributed by atoms with van der Waals surface area (Å²) in [5.74, 6) is 0.616. The number of aliphatic imine (C=N–C) groups is 1. The average molecular weight is 320 g/mol. The van der Waals surface area contributed by atoms with Crippen LogP contribution in [-0.2, 0) is 12.1 Å². The minimum absolute atomic E-state index is 0.195. The summed E-state index contributed by atoms with van der Waals surface area (Å²) < 4.78 is 0. The Morgan fingerprint density at radius 1 is 1.38 bits per heavy atom. The van der Waals surface area contributed by atoms with E-state index in [2.05, 4.69) is 40.4 Å². The van der Waals surface area contributed by atoms with Crippen LogP contribution in [0, 0.1) is 0 Å². The largest absolute Gasteiger partial charge is 0.370 e. The van der Waals surface area contributed by atoms with Crippen molar-refractivity contribution in [2.45, 2.75) is 25.4 Å². The van der Waals surface area contributed by atoms with Gasteiger partial charge in [0.05, 0.1) is 18.6 Å². The molecule has 110 valence electrons. The first-order valence-electron chi connectivity index (χ1n) is 7.02. The van der Waals surface area contributed by atoms with Gasteiger partial charge < -0.3 is 10.6 Å². The minimum atomic E-state index is -0.195. The van der Waals surface area contributed by atoms with E-state index >= 15 is 0 Å². The number of thiophene rings is 1. The number of guanidine groups is 1. The lowest BCUT2D eigenvalue weighted by Crippen LogP contribution is -2.48. The molecule has 21 heavy (non-hydrogen) atoms. The first kappa shape index (κ1) is 14.4. The molecule has 0 radical (unpaired) electrons. The highest BCUT2D eigenvalue weighted by molar-refractivity contribution is 7.09. The Labute approximate surface area is 134 Å². The summed E-state index contributed by atoms with van der Waals surface area (Å²) in [6.07, 6.45) is 0.933. The van der Waals surface area contributed by atoms with Gasteiger partial charge in [-0.3, -0.25) is 4.99 Å². The van der Waals surface area contributed by atoms with Crippen molar-refractivity contribution in [1.82, 2.24) is 4.90 Å². The van der Waals surface area contributed by atoms with Gasteiger partial charge in [0, 0.05) is 9.90 Å². The van der Waals surface area contributed by atoms with Gasteiger partial charge in [-0.25, -0.2) is 0 Å². The van der Waals surface area contributed by atoms with Gasteiger partial charge >= 0.3 is 0 Å². The highest BCUT2D eigenvalue weighted by atomic mass is 35.5. The third-order valence-electron chi connectivity index (χ3n) is 4.14. The van der Waals surface area contributed by atoms with Gasteiger partial charge in [-0.05, 0) is 35.6 Å². The van der Waals surface area contributed by atoms with Crippen LogP contribution < -0.4 is 5.73 Å². The van der Waals surface area contributed by atoms with Crippen molar-refractivity contribution in [1.29, 1.82) is 0 Å². The molecule has 1 atom stereocenters. The second kappa shape index (κ2) is 5.70. The molecule has 3 rings (SSSR count). The highest BCUT2D eigenvalue weighted by Crippen LogP contribution is 2.38. The third kappa shape index (κ3) is 2.54. The number of hydrogen-bond acceptors (Lipinski definition) is 4. The van der Waals surface area contributed by atoms with Crippen LogP contribution in [0.3, 0.4) is 0 Å². The van der Waals surface area contributed by atoms with Crippen molar-refractivity contribution in [3.05, 3.63) is 57.2 Å². The SMILES string of the molecule is CCC1(c2cccc(Cl)c2)CN=C(N)N1Cc1cccs1. The quantitative estimate of drug-likeness (QED) is 0.930. The van der Waals surface area contributed by atoms with Crippen molar-refractivity contribution >= 4 is 28.9 Å². The molecular formula is C16H18ClN3S. The van der Waals surface area contributed by atoms with E-state index < -0.39 is 0 Å². The molecule has 1 unspecified atom stereocenters. The van der Waals surface area contributed by atoms with Crippen LogP contribution in [0.25, 0.3) is 0 Å². The lowest BCUT2D eigenvalue weighted by molar-refractivity contribution is 0.188. The minimum Gasteiger partial charge on any atom is -0.370 e. The number of nitrogens with two attached hydrogens (primary N) is 1. The van der Waals surface area contributed by atoms with Crippen LogP contribution in [-0.4, -0.2) is 17.4 Å². The first-order chi connectivity index (χ1) is 10.2. The van der Waals surface area contributed by atoms with Crippen molar-refractivity contribution in [2.24, 2.45) is 10.7 Å². The van der Waals surface area contributed by atoms with E-state index in [1.807, 2.05) is 18.2 Å². The number of benzene rings is 1. The molecule has 0 aliphatic carbocycles. The summed E-state index contributed by atoms with van der Waals surface area (Å²) in [4.78, 5) is 8.01. The Bertz CT molecular complexity index is 653. The second-order valence-electron chi connectivity index (χ2n) is 5.24. The summed E-state index contributed by atoms with van der Waals surface area (Å²) in [5, 5.41) is 2.84. The number of halogens is 1. The van der Waals surface area contributed by atoms with Crippen LogP contribution in [0.4, 0.5) is 0 Å². The lowest BCUT2D eigenvalue weighted by atomic mass is 9.86. The number of hydrogen-bond donors (Lipinski definition) is 1. The van der Waals surface area contributed by atoms with Crippen molar-refractivity contribution in [3.63, 3.8) is 0 Å². The van der Waals surface area contributed by atoms with E-state index in [9.17, 15) is 0 Å². The summed E-state index contributed by atoms with van der Waals surface area (Å²) in [6, 6.07) is 12.2. The van der Waals surface area contributed by atoms with Crippen molar-refractivity contribution < 1.29 is 0 Å². The van der Waals surface area contributed by atoms with Crippen molar-refractivity contribution in [2.75, 3.05) is 6.54 Å². The average Bonchev–Trinajstić information content (AvgIpc) is 3.10. The molecule has 2 aromatic rings. The molecular weight excluding hydrogens is 302 g/mol. The molecule has 0 spiro atoms. The zero-order valence-corrected chi connectivity index (χ0v) is 13.5. The van der Waals surface area contributed by atoms with Crippen LogP contribution in [0.2, 0.25) is 5.02 Å². The van der Waals surface area contributed by atoms with Crippen LogP contribution in [0.5, 0.6) is 0 Å². The monoisotopic (exact) mass is 319 g/mol. The van der Waals surface area contributed by atoms with E-state index in [1.165, 1.54) is 10.4 Å². The topological polar surface area (TPSA) is 41.6 Å². The van der Waals surface area contributed by atoms with Crippen molar-refractivity contribution in [3.8, 4) is 0 Å². The molecule has 1 aromatic heterocycles. The fraction of sp³-hybridized carbons (Fsp3) is 0.312. The van der Waals surface area contributed by atoms with Gasteiger partial charge in [0.1, 0.15) is 0 Å². The predicted molar refractivity (Wildman–Crippen MR) is 89.8 cm³/mol. The molecule has 0 saturated heterocycles. The first-order valence-corrected chi connectivity index (χ1v) is 8.27. The zero-order valence-electron chi connectivity index (χ0n) is 11.9. The second-order valence-corrected chi connectivity index (χ2v) is 6.70. The third-order valence-corrected chi connectivity index (χ3v) is 5.23. The Morgan fingerprint density at radius 2 is 2.24 bits per heavy atom. The van der Waals surface area contributed by atoms with E-state index in [-0.39, 0.29) is 5.54 Å². The van der Waals surface area contributed by atoms with Gasteiger partial charge in [-0.2, -0.15) is 0 Å². The maximum atomic E-state index is 6.18. The zero-order chi connectivity index (χ0) is 14.9. The van der Waals surface area contributed by atoms with Gasteiger partial charge in [0.2, 0.25) is 0 Å². The lowest BCUT2D eigenvalue weighted by Gasteiger charge is -2.39. The molecule has 1 aliphatic heterocycles. The summed E-state index contributed by atoms with van der Waals surface area (Å²) in [6.45, 7) is 3.64. The maximum Gasteiger partial charge on any atom is 0.192 e. The van der Waals surface area contributed by atoms with Crippen LogP contribution in [0.1, 0.15) is 23.8 Å². The highest BCUT2D eigenvalue weighted by Gasteiger charge is 2.42. The predicted octanol–water partition coefficient (Wildman–Crippen LogP) is 3.84. The molecule has 1 aliphatic rings. The van der Waals surface area contributed by atoms with Gasteiger partial charge in [0.15, 0.2) is 5.96 Å². The van der Waals surface area contributed by atoms with Gasteiger partial charge in [-0.15, -0.1) is 11.3 Å². The molecule has 2 heterocycles. The fourth-order valence-corrected chi connectivity index (χ4v) is 3.81. The maximum absolute atomic E-state index is 6.18. The Hall–Kier alpha value is -1.52. The summed E-state index contributed by atoms with van der Waals surface area (Å²) in [7, 11) is 0. The van der Waals surface area contributed by atoms with E-state index in [1.54, 1.807) is 11.3 Å². The standard InChI is InChI=1S/C16H18ClN3S/c1-2-16(12-5-3-6-13(17)9-12)11-19-15(18)20(16)10-14-7-4-8-21-14/h3-9H,2,10-11H2,1H3,(H2,18,19). The Morgan fingerprint density at radius 3 is 2.90 bits per heavy atom. The fourth-order valence-electron chi connectivity index (χ4n) is 2.92. The molecule has 0 fully saturated rings. The van der Waals surface area contributed by atoms with E-state index in [0.29, 0.717) is 12.5 Å². The summed E-state index contributed by atoms with van der Waals surface area (Å²) >= 11 is 7.93. The Kier molecular flexibility index (Phi) is 3.91. The molecule has 1 aromatic carbocycles. The van der Waals surface area contributed by atoms with E-state index in [4.69, 9.17) is 17.3 Å². The Balaban J connectivity index is 2.00.